The first-order chi connectivity index (χ1) is 13.8. The molecule has 6 nitrogen and oxygen atoms in total. The highest BCUT2D eigenvalue weighted by molar-refractivity contribution is 7.13. The molecule has 0 saturated carbocycles. The van der Waals surface area contributed by atoms with E-state index in [1.807, 2.05) is 31.2 Å². The van der Waals surface area contributed by atoms with Crippen molar-refractivity contribution >= 4 is 39.0 Å². The average Bonchev–Trinajstić information content (AvgIpc) is 3.31. The van der Waals surface area contributed by atoms with Crippen molar-refractivity contribution in [2.24, 2.45) is 0 Å². The van der Waals surface area contributed by atoms with Gasteiger partial charge in [0.15, 0.2) is 10.8 Å². The Morgan fingerprint density at radius 3 is 2.86 bits per heavy atom. The quantitative estimate of drug-likeness (QED) is 0.657. The van der Waals surface area contributed by atoms with Crippen molar-refractivity contribution in [2.45, 2.75) is 25.6 Å². The molecule has 1 aromatic carbocycles. The molecule has 0 spiro atoms. The van der Waals surface area contributed by atoms with Gasteiger partial charge in [-0.3, -0.25) is 4.98 Å². The minimum Gasteiger partial charge on any atom is -0.346 e. The molecule has 0 bridgehead atoms. The first kappa shape index (κ1) is 19.4. The van der Waals surface area contributed by atoms with Gasteiger partial charge in [0.2, 0.25) is 0 Å². The summed E-state index contributed by atoms with van der Waals surface area (Å²) < 4.78 is 38.2. The summed E-state index contributed by atoms with van der Waals surface area (Å²) in [4.78, 5) is 22.1. The topological polar surface area (TPSA) is 70.2 Å². The van der Waals surface area contributed by atoms with E-state index in [0.29, 0.717) is 30.3 Å². The molecule has 0 radical (unpaired) electrons. The van der Waals surface area contributed by atoms with E-state index in [-0.39, 0.29) is 12.1 Å². The van der Waals surface area contributed by atoms with Crippen molar-refractivity contribution in [1.29, 1.82) is 0 Å². The summed E-state index contributed by atoms with van der Waals surface area (Å²) in [6.45, 7) is 2.85. The third-order valence-corrected chi connectivity index (χ3v) is 5.73. The number of aryl methyl sites for hydroxylation is 1. The van der Waals surface area contributed by atoms with Crippen LogP contribution in [0.1, 0.15) is 17.8 Å². The van der Waals surface area contributed by atoms with Crippen molar-refractivity contribution in [1.82, 2.24) is 15.3 Å². The van der Waals surface area contributed by atoms with Gasteiger partial charge in [0.1, 0.15) is 0 Å². The lowest BCUT2D eigenvalue weighted by Crippen LogP contribution is -2.39. The van der Waals surface area contributed by atoms with E-state index in [9.17, 15) is 18.0 Å². The number of pyridine rings is 1. The SMILES string of the molecule is Cc1nccc2c(NC(=O)NC3CCN(c4nc(C(F)(F)F)cs4)C3)cccc12. The van der Waals surface area contributed by atoms with E-state index in [4.69, 9.17) is 0 Å². The van der Waals surface area contributed by atoms with Gasteiger partial charge in [-0.25, -0.2) is 9.78 Å². The molecule has 152 valence electrons. The Labute approximate surface area is 168 Å². The first-order valence-corrected chi connectivity index (χ1v) is 9.89. The molecule has 1 atom stereocenters. The Morgan fingerprint density at radius 1 is 1.28 bits per heavy atom. The predicted octanol–water partition coefficient (Wildman–Crippen LogP) is 4.42. The number of carbonyl (C=O) groups is 1. The number of hydrogen-bond acceptors (Lipinski definition) is 5. The zero-order valence-electron chi connectivity index (χ0n) is 15.5. The number of aromatic nitrogens is 2. The summed E-state index contributed by atoms with van der Waals surface area (Å²) in [5, 5.41) is 8.94. The third kappa shape index (κ3) is 4.12. The molecule has 1 unspecified atom stereocenters. The molecule has 2 N–H and O–H groups in total. The Balaban J connectivity index is 1.39. The number of hydrogen-bond donors (Lipinski definition) is 2. The van der Waals surface area contributed by atoms with Crippen LogP contribution in [0.15, 0.2) is 35.8 Å². The minimum absolute atomic E-state index is 0.174. The number of urea groups is 1. The molecule has 1 aliphatic rings. The molecule has 3 aromatic rings. The van der Waals surface area contributed by atoms with Gasteiger partial charge in [-0.2, -0.15) is 13.2 Å². The lowest BCUT2D eigenvalue weighted by molar-refractivity contribution is -0.140. The summed E-state index contributed by atoms with van der Waals surface area (Å²) >= 11 is 0.961. The van der Waals surface area contributed by atoms with Gasteiger partial charge in [0.25, 0.3) is 0 Å². The number of rotatable bonds is 3. The second kappa shape index (κ2) is 7.51. The molecule has 2 amide bonds. The highest BCUT2D eigenvalue weighted by Gasteiger charge is 2.35. The number of benzene rings is 1. The van der Waals surface area contributed by atoms with Crippen molar-refractivity contribution < 1.29 is 18.0 Å². The number of halogens is 3. The van der Waals surface area contributed by atoms with E-state index in [0.717, 1.165) is 33.2 Å². The fraction of sp³-hybridized carbons (Fsp3) is 0.316. The third-order valence-electron chi connectivity index (χ3n) is 4.83. The highest BCUT2D eigenvalue weighted by atomic mass is 32.1. The standard InChI is InChI=1S/C19H18F3N5OS/c1-11-13-3-2-4-15(14(13)5-7-23-11)25-17(28)24-12-6-8-27(9-12)18-26-16(10-29-18)19(20,21)22/h2-5,7,10,12H,6,8-9H2,1H3,(H2,24,25,28). The average molecular weight is 421 g/mol. The normalized spacial score (nSPS) is 17.0. The molecule has 4 rings (SSSR count). The number of nitrogens with zero attached hydrogens (tertiary/aromatic N) is 3. The van der Waals surface area contributed by atoms with Crippen molar-refractivity contribution in [2.75, 3.05) is 23.3 Å². The molecule has 29 heavy (non-hydrogen) atoms. The summed E-state index contributed by atoms with van der Waals surface area (Å²) in [6.07, 6.45) is -2.12. The van der Waals surface area contributed by atoms with Gasteiger partial charge in [-0.15, -0.1) is 11.3 Å². The Hall–Kier alpha value is -2.88. The van der Waals surface area contributed by atoms with Crippen LogP contribution in [0.5, 0.6) is 0 Å². The van der Waals surface area contributed by atoms with Crippen LogP contribution in [0, 0.1) is 6.92 Å². The largest absolute Gasteiger partial charge is 0.434 e. The monoisotopic (exact) mass is 421 g/mol. The molecule has 10 heteroatoms. The van der Waals surface area contributed by atoms with Crippen LogP contribution >= 0.6 is 11.3 Å². The van der Waals surface area contributed by atoms with Crippen LogP contribution in [-0.4, -0.2) is 35.1 Å². The zero-order chi connectivity index (χ0) is 20.6. The molecule has 1 saturated heterocycles. The van der Waals surface area contributed by atoms with Gasteiger partial charge < -0.3 is 15.5 Å². The van der Waals surface area contributed by atoms with Gasteiger partial charge >= 0.3 is 12.2 Å². The zero-order valence-corrected chi connectivity index (χ0v) is 16.3. The molecular weight excluding hydrogens is 403 g/mol. The van der Waals surface area contributed by atoms with Crippen LogP contribution < -0.4 is 15.5 Å². The maximum atomic E-state index is 12.7. The number of anilines is 2. The maximum Gasteiger partial charge on any atom is 0.434 e. The lowest BCUT2D eigenvalue weighted by atomic mass is 10.1. The molecular formula is C19H18F3N5OS. The molecule has 1 fully saturated rings. The Morgan fingerprint density at radius 2 is 2.10 bits per heavy atom. The van der Waals surface area contributed by atoms with Gasteiger partial charge in [0.05, 0.1) is 5.69 Å². The van der Waals surface area contributed by atoms with E-state index >= 15 is 0 Å². The van der Waals surface area contributed by atoms with Crippen LogP contribution in [-0.2, 0) is 6.18 Å². The van der Waals surface area contributed by atoms with Crippen LogP contribution in [0.3, 0.4) is 0 Å². The van der Waals surface area contributed by atoms with E-state index < -0.39 is 11.9 Å². The highest BCUT2D eigenvalue weighted by Crippen LogP contribution is 2.34. The van der Waals surface area contributed by atoms with Crippen LogP contribution in [0.25, 0.3) is 10.8 Å². The number of thiazole rings is 1. The number of carbonyl (C=O) groups excluding carboxylic acids is 1. The second-order valence-electron chi connectivity index (χ2n) is 6.84. The first-order valence-electron chi connectivity index (χ1n) is 9.01. The van der Waals surface area contributed by atoms with E-state index in [1.165, 1.54) is 0 Å². The number of alkyl halides is 3. The number of fused-ring (bicyclic) bond motifs is 1. The van der Waals surface area contributed by atoms with Gasteiger partial charge in [-0.1, -0.05) is 12.1 Å². The van der Waals surface area contributed by atoms with Crippen LogP contribution in [0.2, 0.25) is 0 Å². The lowest BCUT2D eigenvalue weighted by Gasteiger charge is -2.17. The minimum atomic E-state index is -4.45. The molecule has 1 aliphatic heterocycles. The van der Waals surface area contributed by atoms with Crippen molar-refractivity contribution in [3.63, 3.8) is 0 Å². The predicted molar refractivity (Wildman–Crippen MR) is 106 cm³/mol. The summed E-state index contributed by atoms with van der Waals surface area (Å²) in [5.74, 6) is 0. The summed E-state index contributed by atoms with van der Waals surface area (Å²) in [6, 6.07) is 6.93. The smallest absolute Gasteiger partial charge is 0.346 e. The molecule has 3 heterocycles. The van der Waals surface area contributed by atoms with Crippen molar-refractivity contribution in [3.05, 3.63) is 47.2 Å². The van der Waals surface area contributed by atoms with E-state index in [1.54, 1.807) is 11.1 Å². The van der Waals surface area contributed by atoms with Crippen molar-refractivity contribution in [3.8, 4) is 0 Å². The van der Waals surface area contributed by atoms with Gasteiger partial charge in [0, 0.05) is 47.2 Å². The maximum absolute atomic E-state index is 12.7. The van der Waals surface area contributed by atoms with E-state index in [2.05, 4.69) is 20.6 Å². The van der Waals surface area contributed by atoms with Gasteiger partial charge in [-0.05, 0) is 25.5 Å². The second-order valence-corrected chi connectivity index (χ2v) is 7.68. The van der Waals surface area contributed by atoms with Crippen LogP contribution in [0.4, 0.5) is 28.8 Å². The fourth-order valence-corrected chi connectivity index (χ4v) is 4.27. The summed E-state index contributed by atoms with van der Waals surface area (Å²) in [7, 11) is 0. The molecule has 2 aromatic heterocycles. The summed E-state index contributed by atoms with van der Waals surface area (Å²) in [5.41, 5.74) is 0.669. The Bertz CT molecular complexity index is 1050. The Kier molecular flexibility index (Phi) is 5.03. The fourth-order valence-electron chi connectivity index (χ4n) is 3.40. The molecule has 0 aliphatic carbocycles. The number of amides is 2. The number of nitrogens with one attached hydrogen (secondary N) is 2.